The molecule has 0 aliphatic rings. The van der Waals surface area contributed by atoms with Gasteiger partial charge in [0, 0.05) is 24.2 Å². The summed E-state index contributed by atoms with van der Waals surface area (Å²) in [7, 11) is 0. The molecule has 2 rings (SSSR count). The van der Waals surface area contributed by atoms with E-state index in [1.54, 1.807) is 0 Å². The lowest BCUT2D eigenvalue weighted by Gasteiger charge is -2.06. The summed E-state index contributed by atoms with van der Waals surface area (Å²) in [5, 5.41) is 5.75. The first-order chi connectivity index (χ1) is 11.7. The topological polar surface area (TPSA) is 58.2 Å². The zero-order valence-electron chi connectivity index (χ0n) is 13.8. The summed E-state index contributed by atoms with van der Waals surface area (Å²) in [4.78, 5) is 23.6. The number of para-hydroxylation sites is 2. The van der Waals surface area contributed by atoms with Crippen LogP contribution < -0.4 is 10.6 Å². The molecule has 0 unspecified atom stereocenters. The Hall–Kier alpha value is -2.62. The van der Waals surface area contributed by atoms with Gasteiger partial charge in [-0.1, -0.05) is 49.2 Å². The highest BCUT2D eigenvalue weighted by Gasteiger charge is 2.04. The Morgan fingerprint density at radius 2 is 0.958 bits per heavy atom. The molecule has 2 aromatic rings. The van der Waals surface area contributed by atoms with Crippen LogP contribution in [0.2, 0.25) is 0 Å². The van der Waals surface area contributed by atoms with Crippen LogP contribution in [0.1, 0.15) is 38.5 Å². The van der Waals surface area contributed by atoms with Gasteiger partial charge in [-0.2, -0.15) is 0 Å². The fourth-order valence-electron chi connectivity index (χ4n) is 2.41. The molecule has 0 aliphatic heterocycles. The molecule has 24 heavy (non-hydrogen) atoms. The third-order valence-corrected chi connectivity index (χ3v) is 3.67. The summed E-state index contributed by atoms with van der Waals surface area (Å²) >= 11 is 0. The van der Waals surface area contributed by atoms with E-state index in [9.17, 15) is 9.59 Å². The lowest BCUT2D eigenvalue weighted by Crippen LogP contribution is -2.11. The van der Waals surface area contributed by atoms with E-state index in [4.69, 9.17) is 0 Å². The van der Waals surface area contributed by atoms with Gasteiger partial charge in [0.1, 0.15) is 0 Å². The molecule has 0 aliphatic carbocycles. The molecule has 0 aromatic heterocycles. The van der Waals surface area contributed by atoms with Crippen molar-refractivity contribution in [2.45, 2.75) is 38.5 Å². The Bertz CT molecular complexity index is 569. The molecule has 0 saturated carbocycles. The molecule has 0 fully saturated rings. The lowest BCUT2D eigenvalue weighted by atomic mass is 10.1. The maximum Gasteiger partial charge on any atom is 0.224 e. The van der Waals surface area contributed by atoms with Gasteiger partial charge in [0.15, 0.2) is 0 Å². The number of nitrogens with one attached hydrogen (secondary N) is 2. The number of carbonyl (C=O) groups is 2. The van der Waals surface area contributed by atoms with E-state index in [1.807, 2.05) is 60.7 Å². The van der Waals surface area contributed by atoms with Crippen LogP contribution in [0.15, 0.2) is 60.7 Å². The number of benzene rings is 2. The van der Waals surface area contributed by atoms with E-state index in [1.165, 1.54) is 0 Å². The zero-order valence-corrected chi connectivity index (χ0v) is 13.8. The highest BCUT2D eigenvalue weighted by atomic mass is 16.2. The number of carbonyl (C=O) groups excluding carboxylic acids is 2. The lowest BCUT2D eigenvalue weighted by molar-refractivity contribution is -0.117. The van der Waals surface area contributed by atoms with Crippen molar-refractivity contribution >= 4 is 23.2 Å². The summed E-state index contributed by atoms with van der Waals surface area (Å²) in [6.07, 6.45) is 4.65. The molecule has 0 spiro atoms. The number of anilines is 2. The largest absolute Gasteiger partial charge is 0.326 e. The molecule has 2 aromatic carbocycles. The number of hydrogen-bond donors (Lipinski definition) is 2. The first kappa shape index (κ1) is 17.7. The molecule has 2 N–H and O–H groups in total. The summed E-state index contributed by atoms with van der Waals surface area (Å²) in [5.41, 5.74) is 1.67. The summed E-state index contributed by atoms with van der Waals surface area (Å²) < 4.78 is 0. The summed E-state index contributed by atoms with van der Waals surface area (Å²) in [6, 6.07) is 18.9. The molecule has 4 nitrogen and oxygen atoms in total. The maximum absolute atomic E-state index is 11.8. The van der Waals surface area contributed by atoms with Crippen LogP contribution in [0.5, 0.6) is 0 Å². The molecule has 0 atom stereocenters. The van der Waals surface area contributed by atoms with Crippen LogP contribution in [0.25, 0.3) is 0 Å². The average Bonchev–Trinajstić information content (AvgIpc) is 2.60. The predicted molar refractivity (Wildman–Crippen MR) is 97.8 cm³/mol. The van der Waals surface area contributed by atoms with Crippen molar-refractivity contribution in [3.05, 3.63) is 60.7 Å². The Morgan fingerprint density at radius 3 is 1.33 bits per heavy atom. The molecule has 126 valence electrons. The van der Waals surface area contributed by atoms with Crippen molar-refractivity contribution < 1.29 is 9.59 Å². The highest BCUT2D eigenvalue weighted by Crippen LogP contribution is 2.10. The van der Waals surface area contributed by atoms with Gasteiger partial charge in [-0.25, -0.2) is 0 Å². The van der Waals surface area contributed by atoms with Gasteiger partial charge >= 0.3 is 0 Å². The van der Waals surface area contributed by atoms with Crippen molar-refractivity contribution in [3.8, 4) is 0 Å². The van der Waals surface area contributed by atoms with Gasteiger partial charge in [-0.3, -0.25) is 9.59 Å². The smallest absolute Gasteiger partial charge is 0.224 e. The number of unbranched alkanes of at least 4 members (excludes halogenated alkanes) is 3. The van der Waals surface area contributed by atoms with E-state index >= 15 is 0 Å². The van der Waals surface area contributed by atoms with E-state index in [-0.39, 0.29) is 11.8 Å². The first-order valence-electron chi connectivity index (χ1n) is 8.44. The monoisotopic (exact) mass is 324 g/mol. The molecular formula is C20H24N2O2. The number of rotatable bonds is 9. The van der Waals surface area contributed by atoms with Crippen LogP contribution in [0, 0.1) is 0 Å². The number of amides is 2. The molecule has 4 heteroatoms. The van der Waals surface area contributed by atoms with E-state index in [0.717, 1.165) is 37.1 Å². The van der Waals surface area contributed by atoms with E-state index in [2.05, 4.69) is 10.6 Å². The molecule has 0 radical (unpaired) electrons. The first-order valence-corrected chi connectivity index (χ1v) is 8.44. The minimum atomic E-state index is 0.0445. The minimum Gasteiger partial charge on any atom is -0.326 e. The van der Waals surface area contributed by atoms with Crippen molar-refractivity contribution in [3.63, 3.8) is 0 Å². The SMILES string of the molecule is O=C(CCCCCCC(=O)Nc1ccccc1)Nc1ccccc1. The van der Waals surface area contributed by atoms with E-state index in [0.29, 0.717) is 12.8 Å². The van der Waals surface area contributed by atoms with Gasteiger partial charge in [0.2, 0.25) is 11.8 Å². The van der Waals surface area contributed by atoms with Crippen LogP contribution in [0.4, 0.5) is 11.4 Å². The third-order valence-electron chi connectivity index (χ3n) is 3.67. The zero-order chi connectivity index (χ0) is 17.0. The van der Waals surface area contributed by atoms with Crippen LogP contribution in [-0.2, 0) is 9.59 Å². The Balaban J connectivity index is 1.50. The van der Waals surface area contributed by atoms with Crippen molar-refractivity contribution in [2.75, 3.05) is 10.6 Å². The molecule has 0 heterocycles. The third kappa shape index (κ3) is 7.09. The Kier molecular flexibility index (Phi) is 7.54. The minimum absolute atomic E-state index is 0.0445. The van der Waals surface area contributed by atoms with Gasteiger partial charge in [-0.15, -0.1) is 0 Å². The molecular weight excluding hydrogens is 300 g/mol. The van der Waals surface area contributed by atoms with Crippen molar-refractivity contribution in [1.82, 2.24) is 0 Å². The second kappa shape index (κ2) is 10.2. The molecule has 0 bridgehead atoms. The molecule has 2 amide bonds. The van der Waals surface area contributed by atoms with Crippen LogP contribution in [0.3, 0.4) is 0 Å². The molecule has 0 saturated heterocycles. The van der Waals surface area contributed by atoms with Gasteiger partial charge in [0.25, 0.3) is 0 Å². The van der Waals surface area contributed by atoms with Crippen molar-refractivity contribution in [1.29, 1.82) is 0 Å². The predicted octanol–water partition coefficient (Wildman–Crippen LogP) is 4.60. The van der Waals surface area contributed by atoms with Crippen molar-refractivity contribution in [2.24, 2.45) is 0 Å². The quantitative estimate of drug-likeness (QED) is 0.662. The Morgan fingerprint density at radius 1 is 0.583 bits per heavy atom. The second-order valence-electron chi connectivity index (χ2n) is 5.74. The van der Waals surface area contributed by atoms with Crippen LogP contribution in [-0.4, -0.2) is 11.8 Å². The standard InChI is InChI=1S/C20H24N2O2/c23-19(21-17-11-5-3-6-12-17)15-9-1-2-10-16-20(24)22-18-13-7-4-8-14-18/h3-8,11-14H,1-2,9-10,15-16H2,(H,21,23)(H,22,24). The second-order valence-corrected chi connectivity index (χ2v) is 5.74. The normalized spacial score (nSPS) is 10.2. The fourth-order valence-corrected chi connectivity index (χ4v) is 2.41. The summed E-state index contributed by atoms with van der Waals surface area (Å²) in [6.45, 7) is 0. The number of hydrogen-bond acceptors (Lipinski definition) is 2. The average molecular weight is 324 g/mol. The summed E-state index contributed by atoms with van der Waals surface area (Å²) in [5.74, 6) is 0.0889. The highest BCUT2D eigenvalue weighted by molar-refractivity contribution is 5.91. The fraction of sp³-hybridized carbons (Fsp3) is 0.300. The van der Waals surface area contributed by atoms with E-state index < -0.39 is 0 Å². The van der Waals surface area contributed by atoms with Gasteiger partial charge < -0.3 is 10.6 Å². The maximum atomic E-state index is 11.8. The van der Waals surface area contributed by atoms with Gasteiger partial charge in [0.05, 0.1) is 0 Å². The van der Waals surface area contributed by atoms with Gasteiger partial charge in [-0.05, 0) is 37.1 Å². The Labute approximate surface area is 143 Å². The van der Waals surface area contributed by atoms with Crippen LogP contribution >= 0.6 is 0 Å².